The fourth-order valence-corrected chi connectivity index (χ4v) is 4.85. The van der Waals surface area contributed by atoms with Crippen LogP contribution in [0.3, 0.4) is 0 Å². The highest BCUT2D eigenvalue weighted by Crippen LogP contribution is 2.23. The van der Waals surface area contributed by atoms with E-state index in [1.165, 1.54) is 23.1 Å². The van der Waals surface area contributed by atoms with E-state index < -0.39 is 0 Å². The van der Waals surface area contributed by atoms with Gasteiger partial charge >= 0.3 is 0 Å². The number of nitrogens with zero attached hydrogens (tertiary/aromatic N) is 6. The summed E-state index contributed by atoms with van der Waals surface area (Å²) >= 11 is 2.71. The minimum Gasteiger partial charge on any atom is -0.284 e. The van der Waals surface area contributed by atoms with E-state index in [0.29, 0.717) is 9.96 Å². The first kappa shape index (κ1) is 21.8. The summed E-state index contributed by atoms with van der Waals surface area (Å²) in [7, 11) is 0. The zero-order valence-corrected chi connectivity index (χ0v) is 19.5. The molecule has 1 amide bonds. The smallest absolute Gasteiger partial charge is 0.250 e. The van der Waals surface area contributed by atoms with Gasteiger partial charge in [0.1, 0.15) is 0 Å². The number of tetrazole rings is 1. The largest absolute Gasteiger partial charge is 0.284 e. The first-order valence-electron chi connectivity index (χ1n) is 10.4. The van der Waals surface area contributed by atoms with Crippen molar-refractivity contribution in [3.05, 3.63) is 101 Å². The molecule has 0 aliphatic carbocycles. The number of amides is 1. The van der Waals surface area contributed by atoms with Crippen molar-refractivity contribution in [1.82, 2.24) is 30.2 Å². The number of hydrogen-bond acceptors (Lipinski definition) is 7. The molecule has 0 saturated carbocycles. The van der Waals surface area contributed by atoms with Crippen LogP contribution < -0.4 is 10.2 Å². The second kappa shape index (κ2) is 10.3. The molecule has 0 radical (unpaired) electrons. The number of nitrogens with one attached hydrogen (secondary N) is 1. The monoisotopic (exact) mass is 485 g/mol. The van der Waals surface area contributed by atoms with Gasteiger partial charge < -0.3 is 0 Å². The normalized spacial score (nSPS) is 11.5. The molecule has 168 valence electrons. The van der Waals surface area contributed by atoms with Gasteiger partial charge in [0.25, 0.3) is 5.91 Å². The van der Waals surface area contributed by atoms with Crippen molar-refractivity contribution in [1.29, 1.82) is 0 Å². The summed E-state index contributed by atoms with van der Waals surface area (Å²) in [6.07, 6.45) is 0. The molecular weight excluding hydrogens is 466 g/mol. The van der Waals surface area contributed by atoms with Crippen LogP contribution in [0.4, 0.5) is 0 Å². The molecule has 10 heteroatoms. The van der Waals surface area contributed by atoms with E-state index in [4.69, 9.17) is 0 Å². The lowest BCUT2D eigenvalue weighted by atomic mass is 10.1. The molecule has 0 unspecified atom stereocenters. The molecule has 0 atom stereocenters. The van der Waals surface area contributed by atoms with E-state index in [0.717, 1.165) is 22.6 Å². The Morgan fingerprint density at radius 1 is 0.912 bits per heavy atom. The van der Waals surface area contributed by atoms with Crippen LogP contribution in [0.15, 0.2) is 107 Å². The fourth-order valence-electron chi connectivity index (χ4n) is 3.30. The van der Waals surface area contributed by atoms with Gasteiger partial charge in [-0.3, -0.25) is 9.36 Å². The van der Waals surface area contributed by atoms with Gasteiger partial charge in [-0.25, -0.2) is 5.43 Å². The second-order valence-electron chi connectivity index (χ2n) is 7.08. The third kappa shape index (κ3) is 4.82. The van der Waals surface area contributed by atoms with Crippen molar-refractivity contribution in [2.75, 3.05) is 5.75 Å². The van der Waals surface area contributed by atoms with Crippen molar-refractivity contribution in [2.45, 2.75) is 5.16 Å². The van der Waals surface area contributed by atoms with Crippen LogP contribution in [0.1, 0.15) is 0 Å². The van der Waals surface area contributed by atoms with Gasteiger partial charge in [-0.15, -0.1) is 21.5 Å². The van der Waals surface area contributed by atoms with Gasteiger partial charge in [0.2, 0.25) is 9.96 Å². The molecule has 3 aromatic carbocycles. The molecule has 2 aromatic heterocycles. The molecule has 0 saturated heterocycles. The predicted octanol–water partition coefficient (Wildman–Crippen LogP) is 3.91. The summed E-state index contributed by atoms with van der Waals surface area (Å²) in [5.74, 6) is -0.124. The minimum absolute atomic E-state index is 0.124. The highest BCUT2D eigenvalue weighted by Gasteiger charge is 2.13. The topological polar surface area (TPSA) is 90.0 Å². The van der Waals surface area contributed by atoms with Crippen LogP contribution >= 0.6 is 23.1 Å². The van der Waals surface area contributed by atoms with Gasteiger partial charge in [-0.05, 0) is 40.3 Å². The second-order valence-corrected chi connectivity index (χ2v) is 8.86. The molecule has 0 spiro atoms. The van der Waals surface area contributed by atoms with Crippen molar-refractivity contribution in [2.24, 2.45) is 5.10 Å². The zero-order chi connectivity index (χ0) is 23.2. The number of thiazole rings is 1. The Balaban J connectivity index is 1.36. The van der Waals surface area contributed by atoms with E-state index >= 15 is 0 Å². The Bertz CT molecular complexity index is 1440. The van der Waals surface area contributed by atoms with Crippen molar-refractivity contribution >= 4 is 29.0 Å². The van der Waals surface area contributed by atoms with Crippen molar-refractivity contribution in [3.63, 3.8) is 0 Å². The summed E-state index contributed by atoms with van der Waals surface area (Å²) in [4.78, 5) is 13.2. The Hall–Kier alpha value is -4.02. The molecule has 34 heavy (non-hydrogen) atoms. The van der Waals surface area contributed by atoms with E-state index in [1.54, 1.807) is 4.68 Å². The van der Waals surface area contributed by atoms with Gasteiger partial charge in [-0.2, -0.15) is 4.68 Å². The third-order valence-corrected chi connectivity index (χ3v) is 6.59. The van der Waals surface area contributed by atoms with E-state index in [1.807, 2.05) is 88.8 Å². The lowest BCUT2D eigenvalue weighted by Gasteiger charge is -2.09. The number of carbonyl (C=O) groups is 1. The molecule has 0 bridgehead atoms. The van der Waals surface area contributed by atoms with Crippen LogP contribution in [0, 0.1) is 0 Å². The van der Waals surface area contributed by atoms with Crippen LogP contribution in [-0.4, -0.2) is 36.4 Å². The Morgan fingerprint density at radius 2 is 1.56 bits per heavy atom. The molecule has 0 aliphatic heterocycles. The molecule has 5 rings (SSSR count). The number of carbonyl (C=O) groups excluding carboxylic acids is 1. The number of thioether (sulfide) groups is 1. The van der Waals surface area contributed by atoms with E-state index in [-0.39, 0.29) is 11.7 Å². The fraction of sp³-hybridized carbons (Fsp3) is 0.0417. The van der Waals surface area contributed by atoms with Crippen LogP contribution in [0.2, 0.25) is 0 Å². The maximum atomic E-state index is 12.6. The predicted molar refractivity (Wildman–Crippen MR) is 133 cm³/mol. The SMILES string of the molecule is O=C(CSc1nnnn1-c1ccccc1)N/N=c1\scc(-c2ccccc2)n1-c1ccccc1. The van der Waals surface area contributed by atoms with Crippen LogP contribution in [0.25, 0.3) is 22.6 Å². The number of rotatable bonds is 7. The van der Waals surface area contributed by atoms with Crippen molar-refractivity contribution in [3.8, 4) is 22.6 Å². The molecule has 0 fully saturated rings. The lowest BCUT2D eigenvalue weighted by Crippen LogP contribution is -2.25. The molecule has 8 nitrogen and oxygen atoms in total. The van der Waals surface area contributed by atoms with Gasteiger partial charge in [0.05, 0.1) is 17.1 Å². The summed E-state index contributed by atoms with van der Waals surface area (Å²) in [5.41, 5.74) is 6.54. The maximum absolute atomic E-state index is 12.6. The number of hydrogen-bond donors (Lipinski definition) is 1. The Kier molecular flexibility index (Phi) is 6.59. The number of benzene rings is 3. The standard InChI is InChI=1S/C24H19N7OS2/c32-22(17-34-24-27-28-29-31(24)20-14-8-3-9-15-20)25-26-23-30(19-12-6-2-7-13-19)21(16-33-23)18-10-4-1-5-11-18/h1-16H,17H2,(H,25,32)/b26-23-. The molecule has 0 aliphatic rings. The number of para-hydroxylation sites is 2. The Labute approximate surface area is 203 Å². The molecule has 5 aromatic rings. The molecular formula is C24H19N7OS2. The average Bonchev–Trinajstić information content (AvgIpc) is 3.55. The Morgan fingerprint density at radius 3 is 2.26 bits per heavy atom. The molecule has 1 N–H and O–H groups in total. The zero-order valence-electron chi connectivity index (χ0n) is 17.9. The lowest BCUT2D eigenvalue weighted by molar-refractivity contribution is -0.118. The first-order chi connectivity index (χ1) is 16.8. The minimum atomic E-state index is -0.248. The molecule has 2 heterocycles. The first-order valence-corrected chi connectivity index (χ1v) is 12.3. The van der Waals surface area contributed by atoms with Crippen LogP contribution in [-0.2, 0) is 4.79 Å². The summed E-state index contributed by atoms with van der Waals surface area (Å²) in [5, 5.41) is 18.8. The van der Waals surface area contributed by atoms with Gasteiger partial charge in [0, 0.05) is 11.1 Å². The highest BCUT2D eigenvalue weighted by molar-refractivity contribution is 7.99. The quantitative estimate of drug-likeness (QED) is 0.279. The van der Waals surface area contributed by atoms with Gasteiger partial charge in [-0.1, -0.05) is 78.5 Å². The summed E-state index contributed by atoms with van der Waals surface area (Å²) in [6, 6.07) is 29.6. The van der Waals surface area contributed by atoms with E-state index in [9.17, 15) is 4.79 Å². The number of aromatic nitrogens is 5. The third-order valence-electron chi connectivity index (χ3n) is 4.84. The van der Waals surface area contributed by atoms with Crippen LogP contribution in [0.5, 0.6) is 0 Å². The van der Waals surface area contributed by atoms with E-state index in [2.05, 4.69) is 38.2 Å². The van der Waals surface area contributed by atoms with Crippen molar-refractivity contribution < 1.29 is 4.79 Å². The average molecular weight is 486 g/mol. The summed E-state index contributed by atoms with van der Waals surface area (Å²) in [6.45, 7) is 0. The maximum Gasteiger partial charge on any atom is 0.250 e. The van der Waals surface area contributed by atoms with Gasteiger partial charge in [0.15, 0.2) is 0 Å². The summed E-state index contributed by atoms with van der Waals surface area (Å²) < 4.78 is 3.63. The highest BCUT2D eigenvalue weighted by atomic mass is 32.2.